The molecule has 0 heterocycles. The van der Waals surface area contributed by atoms with Gasteiger partial charge in [-0.25, -0.2) is 9.86 Å². The van der Waals surface area contributed by atoms with Crippen molar-refractivity contribution in [3.63, 3.8) is 0 Å². The minimum Gasteiger partial charge on any atom is -0.372 e. The van der Waals surface area contributed by atoms with Crippen molar-refractivity contribution in [1.29, 1.82) is 0 Å². The van der Waals surface area contributed by atoms with Crippen molar-refractivity contribution < 1.29 is 14.4 Å². The van der Waals surface area contributed by atoms with Gasteiger partial charge in [0, 0.05) is 12.7 Å². The monoisotopic (exact) mass is 300 g/mol. The molecule has 2 rings (SSSR count). The minimum absolute atomic E-state index is 0.324. The molecule has 0 fully saturated rings. The molecule has 0 aliphatic carbocycles. The van der Waals surface area contributed by atoms with Gasteiger partial charge in [0.2, 0.25) is 0 Å². The maximum atomic E-state index is 11.6. The lowest BCUT2D eigenvalue weighted by atomic mass is 10.2. The van der Waals surface area contributed by atoms with E-state index in [0.29, 0.717) is 18.9 Å². The lowest BCUT2D eigenvalue weighted by Crippen LogP contribution is -2.30. The number of hydrogen-bond acceptors (Lipinski definition) is 3. The molecule has 0 saturated heterocycles. The molecule has 0 atom stereocenters. The molecule has 0 unspecified atom stereocenters. The van der Waals surface area contributed by atoms with Crippen LogP contribution in [-0.2, 0) is 22.8 Å². The van der Waals surface area contributed by atoms with E-state index in [1.807, 2.05) is 54.6 Å². The highest BCUT2D eigenvalue weighted by Gasteiger charge is 2.07. The van der Waals surface area contributed by atoms with Crippen LogP contribution in [0.1, 0.15) is 11.1 Å². The van der Waals surface area contributed by atoms with Crippen molar-refractivity contribution in [2.45, 2.75) is 13.2 Å². The van der Waals surface area contributed by atoms with Gasteiger partial charge in [0.25, 0.3) is 0 Å². The molecule has 5 heteroatoms. The van der Waals surface area contributed by atoms with Gasteiger partial charge >= 0.3 is 6.03 Å². The molecular weight excluding hydrogens is 280 g/mol. The van der Waals surface area contributed by atoms with Gasteiger partial charge in [-0.05, 0) is 23.3 Å². The number of amides is 2. The molecule has 0 aromatic heterocycles. The van der Waals surface area contributed by atoms with Gasteiger partial charge in [-0.1, -0.05) is 42.5 Å². The van der Waals surface area contributed by atoms with E-state index in [0.717, 1.165) is 16.2 Å². The first-order valence-corrected chi connectivity index (χ1v) is 6.98. The fourth-order valence-electron chi connectivity index (χ4n) is 1.83. The number of carbonyl (C=O) groups is 1. The number of nitrogens with one attached hydrogen (secondary N) is 1. The summed E-state index contributed by atoms with van der Waals surface area (Å²) in [6, 6.07) is 17.2. The summed E-state index contributed by atoms with van der Waals surface area (Å²) in [6.07, 6.45) is 0. The standard InChI is InChI=1S/C17H20N2O3/c1-19(21-2)17(20)18-16-10-8-15(9-11-16)13-22-12-14-6-4-3-5-7-14/h3-11H,12-13H2,1-2H3,(H,18,20). The van der Waals surface area contributed by atoms with E-state index in [1.165, 1.54) is 7.11 Å². The van der Waals surface area contributed by atoms with E-state index >= 15 is 0 Å². The molecule has 1 N–H and O–H groups in total. The van der Waals surface area contributed by atoms with E-state index < -0.39 is 0 Å². The highest BCUT2D eigenvalue weighted by atomic mass is 16.7. The second-order valence-electron chi connectivity index (χ2n) is 4.79. The van der Waals surface area contributed by atoms with Crippen molar-refractivity contribution in [2.75, 3.05) is 19.5 Å². The van der Waals surface area contributed by atoms with Gasteiger partial charge in [0.05, 0.1) is 20.3 Å². The van der Waals surface area contributed by atoms with Crippen LogP contribution in [0.4, 0.5) is 10.5 Å². The lowest BCUT2D eigenvalue weighted by Gasteiger charge is -2.14. The molecule has 0 bridgehead atoms. The molecule has 0 aliphatic rings. The maximum absolute atomic E-state index is 11.6. The van der Waals surface area contributed by atoms with Crippen molar-refractivity contribution in [3.05, 3.63) is 65.7 Å². The molecule has 0 aliphatic heterocycles. The predicted octanol–water partition coefficient (Wildman–Crippen LogP) is 3.43. The van der Waals surface area contributed by atoms with Gasteiger partial charge in [0.1, 0.15) is 0 Å². The Bertz CT molecular complexity index is 585. The third-order valence-electron chi connectivity index (χ3n) is 3.15. The van der Waals surface area contributed by atoms with Crippen molar-refractivity contribution >= 4 is 11.7 Å². The van der Waals surface area contributed by atoms with Crippen LogP contribution in [0, 0.1) is 0 Å². The number of hydroxylamine groups is 2. The largest absolute Gasteiger partial charge is 0.372 e. The zero-order chi connectivity index (χ0) is 15.8. The second kappa shape index (κ2) is 8.17. The Hall–Kier alpha value is -2.37. The van der Waals surface area contributed by atoms with Crippen LogP contribution < -0.4 is 5.32 Å². The summed E-state index contributed by atoms with van der Waals surface area (Å²) < 4.78 is 5.67. The first-order valence-electron chi connectivity index (χ1n) is 6.98. The van der Waals surface area contributed by atoms with Gasteiger partial charge in [-0.3, -0.25) is 4.84 Å². The number of benzene rings is 2. The fraction of sp³-hybridized carbons (Fsp3) is 0.235. The zero-order valence-corrected chi connectivity index (χ0v) is 12.8. The fourth-order valence-corrected chi connectivity index (χ4v) is 1.83. The van der Waals surface area contributed by atoms with E-state index in [4.69, 9.17) is 9.57 Å². The summed E-state index contributed by atoms with van der Waals surface area (Å²) in [5.74, 6) is 0. The highest BCUT2D eigenvalue weighted by molar-refractivity contribution is 5.88. The summed E-state index contributed by atoms with van der Waals surface area (Å²) in [6.45, 7) is 1.11. The molecule has 2 amide bonds. The Labute approximate surface area is 130 Å². The number of ether oxygens (including phenoxy) is 1. The molecule has 2 aromatic carbocycles. The summed E-state index contributed by atoms with van der Waals surface area (Å²) in [5, 5.41) is 3.84. The smallest absolute Gasteiger partial charge is 0.345 e. The van der Waals surface area contributed by atoms with Crippen molar-refractivity contribution in [1.82, 2.24) is 5.06 Å². The maximum Gasteiger partial charge on any atom is 0.345 e. The third kappa shape index (κ3) is 4.87. The van der Waals surface area contributed by atoms with Crippen molar-refractivity contribution in [2.24, 2.45) is 0 Å². The van der Waals surface area contributed by atoms with E-state index in [2.05, 4.69) is 5.32 Å². The van der Waals surface area contributed by atoms with Crippen LogP contribution in [0.15, 0.2) is 54.6 Å². The Kier molecular flexibility index (Phi) is 5.94. The topological polar surface area (TPSA) is 50.8 Å². The molecule has 116 valence electrons. The Morgan fingerprint density at radius 3 is 2.18 bits per heavy atom. The molecule has 0 saturated carbocycles. The van der Waals surface area contributed by atoms with Crippen LogP contribution in [0.5, 0.6) is 0 Å². The lowest BCUT2D eigenvalue weighted by molar-refractivity contribution is -0.0598. The first-order chi connectivity index (χ1) is 10.7. The van der Waals surface area contributed by atoms with E-state index in [1.54, 1.807) is 7.05 Å². The van der Waals surface area contributed by atoms with E-state index in [9.17, 15) is 4.79 Å². The summed E-state index contributed by atoms with van der Waals surface area (Å²) >= 11 is 0. The summed E-state index contributed by atoms with van der Waals surface area (Å²) in [7, 11) is 2.98. The van der Waals surface area contributed by atoms with Gasteiger partial charge < -0.3 is 10.1 Å². The molecule has 0 spiro atoms. The highest BCUT2D eigenvalue weighted by Crippen LogP contribution is 2.12. The number of hydrogen-bond donors (Lipinski definition) is 1. The Morgan fingerprint density at radius 1 is 1.00 bits per heavy atom. The van der Waals surface area contributed by atoms with Crippen LogP contribution >= 0.6 is 0 Å². The average Bonchev–Trinajstić information content (AvgIpc) is 2.56. The number of nitrogens with zero attached hydrogens (tertiary/aromatic N) is 1. The molecular formula is C17H20N2O3. The predicted molar refractivity (Wildman–Crippen MR) is 85.2 cm³/mol. The summed E-state index contributed by atoms with van der Waals surface area (Å²) in [5.41, 5.74) is 2.91. The Morgan fingerprint density at radius 2 is 1.59 bits per heavy atom. The summed E-state index contributed by atoms with van der Waals surface area (Å²) in [4.78, 5) is 16.4. The molecule has 2 aromatic rings. The number of rotatable bonds is 6. The molecule has 22 heavy (non-hydrogen) atoms. The number of carbonyl (C=O) groups excluding carboxylic acids is 1. The van der Waals surface area contributed by atoms with Crippen LogP contribution in [0.2, 0.25) is 0 Å². The third-order valence-corrected chi connectivity index (χ3v) is 3.15. The Balaban J connectivity index is 1.80. The van der Waals surface area contributed by atoms with Gasteiger partial charge in [0.15, 0.2) is 0 Å². The zero-order valence-electron chi connectivity index (χ0n) is 12.8. The SMILES string of the molecule is CON(C)C(=O)Nc1ccc(COCc2ccccc2)cc1. The van der Waals surface area contributed by atoms with E-state index in [-0.39, 0.29) is 6.03 Å². The van der Waals surface area contributed by atoms with Crippen molar-refractivity contribution in [3.8, 4) is 0 Å². The normalized spacial score (nSPS) is 10.3. The quantitative estimate of drug-likeness (QED) is 0.832. The number of anilines is 1. The van der Waals surface area contributed by atoms with Gasteiger partial charge in [-0.2, -0.15) is 0 Å². The average molecular weight is 300 g/mol. The van der Waals surface area contributed by atoms with Crippen LogP contribution in [-0.4, -0.2) is 25.3 Å². The molecule has 0 radical (unpaired) electrons. The molecule has 5 nitrogen and oxygen atoms in total. The van der Waals surface area contributed by atoms with Gasteiger partial charge in [-0.15, -0.1) is 0 Å². The first kappa shape index (κ1) is 16.0. The van der Waals surface area contributed by atoms with Crippen LogP contribution in [0.3, 0.4) is 0 Å². The second-order valence-corrected chi connectivity index (χ2v) is 4.79. The minimum atomic E-state index is -0.324. The number of urea groups is 1. The van der Waals surface area contributed by atoms with Crippen LogP contribution in [0.25, 0.3) is 0 Å².